The number of hydrogen-bond acceptors (Lipinski definition) is 3. The topological polar surface area (TPSA) is 25.4 Å². The van der Waals surface area contributed by atoms with Gasteiger partial charge in [-0.3, -0.25) is 4.98 Å². The van der Waals surface area contributed by atoms with Crippen molar-refractivity contribution in [2.24, 2.45) is 5.92 Å². The Kier molecular flexibility index (Phi) is 4.64. The first kappa shape index (κ1) is 17.0. The Labute approximate surface area is 155 Å². The molecule has 4 rings (SSSR count). The second kappa shape index (κ2) is 7.08. The van der Waals surface area contributed by atoms with Crippen molar-refractivity contribution in [2.45, 2.75) is 18.8 Å². The van der Waals surface area contributed by atoms with Gasteiger partial charge in [0.05, 0.1) is 12.6 Å². The number of hydrogen-bond donors (Lipinski definition) is 0. The number of pyridine rings is 1. The summed E-state index contributed by atoms with van der Waals surface area (Å²) in [6.45, 7) is 1.07. The second-order valence-corrected chi connectivity index (χ2v) is 7.60. The number of nitrogens with zero attached hydrogens (tertiary/aromatic N) is 2. The van der Waals surface area contributed by atoms with Crippen LogP contribution < -0.4 is 4.74 Å². The van der Waals surface area contributed by atoms with E-state index in [9.17, 15) is 0 Å². The van der Waals surface area contributed by atoms with Crippen LogP contribution in [-0.4, -0.2) is 37.6 Å². The fourth-order valence-electron chi connectivity index (χ4n) is 4.27. The molecule has 0 fully saturated rings. The summed E-state index contributed by atoms with van der Waals surface area (Å²) < 4.78 is 5.47. The van der Waals surface area contributed by atoms with E-state index in [0.717, 1.165) is 30.7 Å². The van der Waals surface area contributed by atoms with Crippen molar-refractivity contribution in [1.29, 1.82) is 0 Å². The predicted octanol–water partition coefficient (Wildman–Crippen LogP) is 4.30. The van der Waals surface area contributed by atoms with Crippen LogP contribution in [0.1, 0.15) is 22.7 Å². The molecule has 2 aromatic carbocycles. The molecule has 134 valence electrons. The van der Waals surface area contributed by atoms with E-state index in [4.69, 9.17) is 9.72 Å². The lowest BCUT2D eigenvalue weighted by Crippen LogP contribution is -2.33. The molecule has 0 N–H and O–H groups in total. The van der Waals surface area contributed by atoms with Gasteiger partial charge >= 0.3 is 0 Å². The lowest BCUT2D eigenvalue weighted by molar-refractivity contribution is 0.273. The highest BCUT2D eigenvalue weighted by molar-refractivity contribution is 5.79. The number of aromatic nitrogens is 1. The van der Waals surface area contributed by atoms with Crippen LogP contribution in [0.25, 0.3) is 10.9 Å². The normalized spacial score (nSPS) is 19.5. The molecular weight excluding hydrogens is 320 g/mol. The molecule has 3 heteroatoms. The third-order valence-electron chi connectivity index (χ3n) is 5.48. The number of fused-ring (bicyclic) bond motifs is 2. The van der Waals surface area contributed by atoms with Crippen molar-refractivity contribution < 1.29 is 4.74 Å². The third kappa shape index (κ3) is 3.32. The molecule has 1 aliphatic carbocycles. The Morgan fingerprint density at radius 2 is 1.88 bits per heavy atom. The van der Waals surface area contributed by atoms with Gasteiger partial charge in [0.25, 0.3) is 0 Å². The van der Waals surface area contributed by atoms with E-state index in [2.05, 4.69) is 67.5 Å². The molecule has 0 saturated heterocycles. The zero-order valence-corrected chi connectivity index (χ0v) is 15.8. The highest BCUT2D eigenvalue weighted by Gasteiger charge is 2.31. The lowest BCUT2D eigenvalue weighted by atomic mass is 9.73. The molecule has 0 aliphatic heterocycles. The second-order valence-electron chi connectivity index (χ2n) is 7.60. The predicted molar refractivity (Wildman–Crippen MR) is 107 cm³/mol. The molecule has 1 aliphatic rings. The van der Waals surface area contributed by atoms with E-state index in [1.165, 1.54) is 22.2 Å². The summed E-state index contributed by atoms with van der Waals surface area (Å²) >= 11 is 0. The molecular formula is C23H26N2O. The Balaban J connectivity index is 1.76. The molecule has 0 bridgehead atoms. The van der Waals surface area contributed by atoms with Gasteiger partial charge in [0.15, 0.2) is 0 Å². The number of para-hydroxylation sites is 1. The summed E-state index contributed by atoms with van der Waals surface area (Å²) in [6, 6.07) is 19.4. The molecule has 0 amide bonds. The first-order valence-corrected chi connectivity index (χ1v) is 9.30. The summed E-state index contributed by atoms with van der Waals surface area (Å²) in [4.78, 5) is 7.29. The first-order valence-electron chi connectivity index (χ1n) is 9.30. The fourth-order valence-corrected chi connectivity index (χ4v) is 4.27. The summed E-state index contributed by atoms with van der Waals surface area (Å²) in [7, 11) is 6.06. The maximum absolute atomic E-state index is 5.47. The molecule has 1 heterocycles. The van der Waals surface area contributed by atoms with Crippen LogP contribution in [0.5, 0.6) is 5.75 Å². The smallest absolute Gasteiger partial charge is 0.119 e. The number of rotatable bonds is 4. The zero-order chi connectivity index (χ0) is 18.1. The zero-order valence-electron chi connectivity index (χ0n) is 15.8. The molecule has 3 aromatic rings. The highest BCUT2D eigenvalue weighted by atomic mass is 16.5. The monoisotopic (exact) mass is 346 g/mol. The summed E-state index contributed by atoms with van der Waals surface area (Å²) in [5.41, 5.74) is 5.14. The van der Waals surface area contributed by atoms with Crippen LogP contribution in [0.4, 0.5) is 0 Å². The molecule has 0 saturated carbocycles. The van der Waals surface area contributed by atoms with Crippen LogP contribution >= 0.6 is 0 Å². The third-order valence-corrected chi connectivity index (χ3v) is 5.48. The van der Waals surface area contributed by atoms with Crippen molar-refractivity contribution in [3.8, 4) is 5.75 Å². The number of benzene rings is 2. The van der Waals surface area contributed by atoms with Crippen LogP contribution in [0, 0.1) is 5.92 Å². The number of ether oxygens (including phenoxy) is 1. The van der Waals surface area contributed by atoms with E-state index in [0.29, 0.717) is 11.8 Å². The molecule has 26 heavy (non-hydrogen) atoms. The largest absolute Gasteiger partial charge is 0.497 e. The van der Waals surface area contributed by atoms with Gasteiger partial charge in [0.2, 0.25) is 0 Å². The van der Waals surface area contributed by atoms with Gasteiger partial charge in [-0.05, 0) is 74.2 Å². The van der Waals surface area contributed by atoms with Gasteiger partial charge in [-0.2, -0.15) is 0 Å². The minimum absolute atomic E-state index is 0.489. The average Bonchev–Trinajstić information content (AvgIpc) is 2.65. The minimum Gasteiger partial charge on any atom is -0.497 e. The molecule has 1 aromatic heterocycles. The van der Waals surface area contributed by atoms with E-state index in [-0.39, 0.29) is 0 Å². The van der Waals surface area contributed by atoms with E-state index in [1.54, 1.807) is 7.11 Å². The Morgan fingerprint density at radius 3 is 2.69 bits per heavy atom. The average molecular weight is 346 g/mol. The minimum atomic E-state index is 0.489. The van der Waals surface area contributed by atoms with Crippen LogP contribution in [-0.2, 0) is 12.8 Å². The SMILES string of the molecule is COc1cccc(C2Cc3cc4ccccc4nc3CC2CN(C)C)c1. The van der Waals surface area contributed by atoms with Gasteiger partial charge in [-0.25, -0.2) is 0 Å². The molecule has 0 radical (unpaired) electrons. The van der Waals surface area contributed by atoms with Crippen molar-refractivity contribution in [1.82, 2.24) is 9.88 Å². The fraction of sp³-hybridized carbons (Fsp3) is 0.348. The first-order chi connectivity index (χ1) is 12.6. The van der Waals surface area contributed by atoms with Gasteiger partial charge in [-0.1, -0.05) is 30.3 Å². The van der Waals surface area contributed by atoms with Crippen LogP contribution in [0.15, 0.2) is 54.6 Å². The Hall–Kier alpha value is -2.39. The van der Waals surface area contributed by atoms with Crippen LogP contribution in [0.2, 0.25) is 0 Å². The molecule has 2 atom stereocenters. The van der Waals surface area contributed by atoms with Crippen molar-refractivity contribution in [3.63, 3.8) is 0 Å². The maximum atomic E-state index is 5.47. The molecule has 3 nitrogen and oxygen atoms in total. The maximum Gasteiger partial charge on any atom is 0.119 e. The van der Waals surface area contributed by atoms with Crippen molar-refractivity contribution in [2.75, 3.05) is 27.7 Å². The summed E-state index contributed by atoms with van der Waals surface area (Å²) in [5, 5.41) is 1.24. The van der Waals surface area contributed by atoms with Gasteiger partial charge in [-0.15, -0.1) is 0 Å². The summed E-state index contributed by atoms with van der Waals surface area (Å²) in [5.74, 6) is 1.98. The van der Waals surface area contributed by atoms with E-state index in [1.807, 2.05) is 6.07 Å². The van der Waals surface area contributed by atoms with Gasteiger partial charge < -0.3 is 9.64 Å². The van der Waals surface area contributed by atoms with Gasteiger partial charge in [0, 0.05) is 17.6 Å². The Morgan fingerprint density at radius 1 is 1.04 bits per heavy atom. The standard InChI is InChI=1S/C23H26N2O/c1-25(2)15-19-14-23-18(11-17-7-4-5-10-22(17)24-23)13-21(19)16-8-6-9-20(12-16)26-3/h4-12,19,21H,13-15H2,1-3H3. The Bertz CT molecular complexity index is 919. The lowest BCUT2D eigenvalue weighted by Gasteiger charge is -2.35. The summed E-state index contributed by atoms with van der Waals surface area (Å²) in [6.07, 6.45) is 2.07. The number of methoxy groups -OCH3 is 1. The van der Waals surface area contributed by atoms with E-state index < -0.39 is 0 Å². The van der Waals surface area contributed by atoms with Crippen LogP contribution in [0.3, 0.4) is 0 Å². The molecule has 0 spiro atoms. The highest BCUT2D eigenvalue weighted by Crippen LogP contribution is 2.38. The van der Waals surface area contributed by atoms with E-state index >= 15 is 0 Å². The van der Waals surface area contributed by atoms with Crippen molar-refractivity contribution in [3.05, 3.63) is 71.4 Å². The quantitative estimate of drug-likeness (QED) is 0.704. The van der Waals surface area contributed by atoms with Crippen molar-refractivity contribution >= 4 is 10.9 Å². The van der Waals surface area contributed by atoms with Gasteiger partial charge in [0.1, 0.15) is 5.75 Å². The molecule has 2 unspecified atom stereocenters.